The summed E-state index contributed by atoms with van der Waals surface area (Å²) in [6, 6.07) is 8.11. The Labute approximate surface area is 231 Å². The molecule has 6 unspecified atom stereocenters. The van der Waals surface area contributed by atoms with Crippen molar-refractivity contribution in [2.75, 3.05) is 7.05 Å². The molecule has 6 atom stereocenters. The maximum Gasteiger partial charge on any atom is 0.253 e. The number of carbonyl (C=O) groups is 4. The van der Waals surface area contributed by atoms with E-state index in [1.165, 1.54) is 41.5 Å². The molecule has 1 N–H and O–H groups in total. The highest BCUT2D eigenvalue weighted by molar-refractivity contribution is 7.09. The molecule has 6 rings (SSSR count). The summed E-state index contributed by atoms with van der Waals surface area (Å²) in [5, 5.41) is 13.0. The highest BCUT2D eigenvalue weighted by atomic mass is 35.5. The Balaban J connectivity index is 1.51. The summed E-state index contributed by atoms with van der Waals surface area (Å²) < 4.78 is 0. The number of benzene rings is 1. The second-order valence-corrected chi connectivity index (χ2v) is 12.8. The Morgan fingerprint density at radius 3 is 2.54 bits per heavy atom. The van der Waals surface area contributed by atoms with E-state index in [0.717, 1.165) is 9.78 Å². The SMILES string of the molecule is CN1C(=O)C2(Cl)CC3C(=CCC4C(=O)N(Cc5cccs5)C(=O)C43)C(c3cc(Cl)ccc3O)C2(Cl)C1=O. The van der Waals surface area contributed by atoms with Crippen LogP contribution < -0.4 is 0 Å². The highest BCUT2D eigenvalue weighted by Crippen LogP contribution is 2.66. The summed E-state index contributed by atoms with van der Waals surface area (Å²) in [6.07, 6.45) is 2.00. The van der Waals surface area contributed by atoms with Gasteiger partial charge in [-0.05, 0) is 48.4 Å². The molecular formula is C26H21Cl3N2O5S. The Morgan fingerprint density at radius 1 is 1.08 bits per heavy atom. The molecule has 2 saturated heterocycles. The molecule has 3 fully saturated rings. The topological polar surface area (TPSA) is 95.0 Å². The molecule has 0 spiro atoms. The van der Waals surface area contributed by atoms with Gasteiger partial charge in [-0.25, -0.2) is 0 Å². The largest absolute Gasteiger partial charge is 0.508 e. The van der Waals surface area contributed by atoms with Crippen molar-refractivity contribution in [1.82, 2.24) is 9.80 Å². The Kier molecular flexibility index (Phi) is 5.59. The Morgan fingerprint density at radius 2 is 1.84 bits per heavy atom. The van der Waals surface area contributed by atoms with Gasteiger partial charge in [-0.2, -0.15) is 0 Å². The summed E-state index contributed by atoms with van der Waals surface area (Å²) in [5.41, 5.74) is 0.853. The van der Waals surface area contributed by atoms with Crippen molar-refractivity contribution >= 4 is 69.8 Å². The van der Waals surface area contributed by atoms with E-state index in [4.69, 9.17) is 34.8 Å². The van der Waals surface area contributed by atoms with Crippen molar-refractivity contribution in [3.8, 4) is 5.75 Å². The monoisotopic (exact) mass is 578 g/mol. The molecule has 37 heavy (non-hydrogen) atoms. The zero-order valence-corrected chi connectivity index (χ0v) is 22.6. The van der Waals surface area contributed by atoms with Crippen LogP contribution in [0.4, 0.5) is 0 Å². The first kappa shape index (κ1) is 24.9. The van der Waals surface area contributed by atoms with Crippen LogP contribution >= 0.6 is 46.1 Å². The lowest BCUT2D eigenvalue weighted by Crippen LogP contribution is -2.60. The van der Waals surface area contributed by atoms with E-state index in [2.05, 4.69) is 0 Å². The molecule has 1 aromatic carbocycles. The molecule has 0 radical (unpaired) electrons. The number of nitrogens with zero attached hydrogens (tertiary/aromatic N) is 2. The average Bonchev–Trinajstić information content (AvgIpc) is 3.50. The third kappa shape index (κ3) is 3.19. The number of fused-ring (bicyclic) bond motifs is 4. The molecule has 2 aliphatic heterocycles. The summed E-state index contributed by atoms with van der Waals surface area (Å²) in [5.74, 6) is -5.17. The van der Waals surface area contributed by atoms with Crippen LogP contribution in [-0.4, -0.2) is 55.3 Å². The van der Waals surface area contributed by atoms with E-state index in [-0.39, 0.29) is 42.5 Å². The summed E-state index contributed by atoms with van der Waals surface area (Å²) in [4.78, 5) is 53.3. The lowest BCUT2D eigenvalue weighted by atomic mass is 9.56. The molecule has 3 heterocycles. The van der Waals surface area contributed by atoms with Gasteiger partial charge >= 0.3 is 0 Å². The minimum atomic E-state index is -1.96. The zero-order chi connectivity index (χ0) is 26.4. The van der Waals surface area contributed by atoms with Crippen LogP contribution in [-0.2, 0) is 25.7 Å². The number of alkyl halides is 2. The number of likely N-dealkylation sites (tertiary alicyclic amines) is 2. The molecule has 4 amide bonds. The number of phenolic OH excluding ortho intramolecular Hbond substituents is 1. The predicted molar refractivity (Wildman–Crippen MR) is 138 cm³/mol. The van der Waals surface area contributed by atoms with Gasteiger partial charge in [0.05, 0.1) is 18.4 Å². The number of allylic oxidation sites excluding steroid dienone is 2. The fourth-order valence-electron chi connectivity index (χ4n) is 6.63. The number of hydrogen-bond acceptors (Lipinski definition) is 6. The van der Waals surface area contributed by atoms with E-state index in [1.54, 1.807) is 0 Å². The summed E-state index contributed by atoms with van der Waals surface area (Å²) in [6.45, 7) is 0.175. The van der Waals surface area contributed by atoms with Crippen molar-refractivity contribution < 1.29 is 24.3 Å². The first-order chi connectivity index (χ1) is 17.5. The smallest absolute Gasteiger partial charge is 0.253 e. The third-order valence-electron chi connectivity index (χ3n) is 8.30. The van der Waals surface area contributed by atoms with Crippen LogP contribution in [0.1, 0.15) is 29.2 Å². The second-order valence-electron chi connectivity index (χ2n) is 10.0. The van der Waals surface area contributed by atoms with E-state index in [0.29, 0.717) is 10.6 Å². The molecule has 1 aromatic heterocycles. The molecular weight excluding hydrogens is 559 g/mol. The van der Waals surface area contributed by atoms with E-state index in [9.17, 15) is 24.3 Å². The Hall–Kier alpha value is -2.39. The fourth-order valence-corrected chi connectivity index (χ4v) is 8.51. The zero-order valence-electron chi connectivity index (χ0n) is 19.5. The summed E-state index contributed by atoms with van der Waals surface area (Å²) >= 11 is 21.9. The third-order valence-corrected chi connectivity index (χ3v) is 10.8. The van der Waals surface area contributed by atoms with Crippen LogP contribution in [0.3, 0.4) is 0 Å². The van der Waals surface area contributed by atoms with Gasteiger partial charge in [0.15, 0.2) is 9.75 Å². The van der Waals surface area contributed by atoms with Crippen molar-refractivity contribution in [3.63, 3.8) is 0 Å². The van der Waals surface area contributed by atoms with Crippen LogP contribution in [0, 0.1) is 17.8 Å². The molecule has 192 valence electrons. The number of carbonyl (C=O) groups excluding carboxylic acids is 4. The van der Waals surface area contributed by atoms with Gasteiger partial charge in [0.1, 0.15) is 5.75 Å². The van der Waals surface area contributed by atoms with Gasteiger partial charge in [-0.3, -0.25) is 29.0 Å². The molecule has 11 heteroatoms. The van der Waals surface area contributed by atoms with E-state index in [1.807, 2.05) is 23.6 Å². The minimum Gasteiger partial charge on any atom is -0.508 e. The number of amides is 4. The highest BCUT2D eigenvalue weighted by Gasteiger charge is 2.76. The molecule has 1 saturated carbocycles. The average molecular weight is 580 g/mol. The molecule has 2 aliphatic carbocycles. The number of thiophene rings is 1. The van der Waals surface area contributed by atoms with Gasteiger partial charge in [0, 0.05) is 28.4 Å². The van der Waals surface area contributed by atoms with E-state index < -0.39 is 45.2 Å². The number of aromatic hydroxyl groups is 1. The molecule has 4 aliphatic rings. The van der Waals surface area contributed by atoms with Crippen molar-refractivity contribution in [2.45, 2.75) is 35.1 Å². The maximum absolute atomic E-state index is 13.8. The number of halogens is 3. The van der Waals surface area contributed by atoms with Gasteiger partial charge in [-0.1, -0.05) is 29.3 Å². The summed E-state index contributed by atoms with van der Waals surface area (Å²) in [7, 11) is 1.32. The fraction of sp³-hybridized carbons (Fsp3) is 0.385. The minimum absolute atomic E-state index is 0.0936. The van der Waals surface area contributed by atoms with Gasteiger partial charge < -0.3 is 5.11 Å². The lowest BCUT2D eigenvalue weighted by molar-refractivity contribution is -0.141. The molecule has 7 nitrogen and oxygen atoms in total. The Bertz CT molecular complexity index is 1410. The van der Waals surface area contributed by atoms with Crippen molar-refractivity contribution in [2.24, 2.45) is 17.8 Å². The number of phenols is 1. The standard InChI is InChI=1S/C26H21Cl3N2O5S/c1-30-23(35)25(28)10-17-14(20(26(25,29)24(30)36)16-9-12(27)4-7-18(16)32)5-6-15-19(17)22(34)31(21(15)33)11-13-3-2-8-37-13/h2-5,7-9,15,17,19-20,32H,6,10-11H2,1H3. The van der Waals surface area contributed by atoms with Crippen LogP contribution in [0.5, 0.6) is 5.75 Å². The van der Waals surface area contributed by atoms with Crippen molar-refractivity contribution in [3.05, 3.63) is 62.8 Å². The maximum atomic E-state index is 13.8. The second kappa shape index (κ2) is 8.30. The molecule has 2 aromatic rings. The van der Waals surface area contributed by atoms with E-state index >= 15 is 0 Å². The van der Waals surface area contributed by atoms with Gasteiger partial charge in [-0.15, -0.1) is 34.5 Å². The molecule has 0 bridgehead atoms. The first-order valence-corrected chi connectivity index (χ1v) is 13.8. The normalized spacial score (nSPS) is 35.0. The quantitative estimate of drug-likeness (QED) is 0.333. The predicted octanol–water partition coefficient (Wildman–Crippen LogP) is 4.30. The van der Waals surface area contributed by atoms with Crippen molar-refractivity contribution in [1.29, 1.82) is 0 Å². The van der Waals surface area contributed by atoms with Gasteiger partial charge in [0.2, 0.25) is 11.8 Å². The van der Waals surface area contributed by atoms with Crippen LogP contribution in [0.15, 0.2) is 47.4 Å². The number of hydrogen-bond donors (Lipinski definition) is 1. The van der Waals surface area contributed by atoms with Crippen LogP contribution in [0.2, 0.25) is 5.02 Å². The van der Waals surface area contributed by atoms with Crippen LogP contribution in [0.25, 0.3) is 0 Å². The lowest BCUT2D eigenvalue weighted by Gasteiger charge is -2.50. The number of imide groups is 2. The first-order valence-electron chi connectivity index (χ1n) is 11.8. The number of rotatable bonds is 3. The van der Waals surface area contributed by atoms with Gasteiger partial charge in [0.25, 0.3) is 11.8 Å².